The largest absolute Gasteiger partial charge is 0.390 e. The number of carbonyl (C=O) groups is 1. The predicted molar refractivity (Wildman–Crippen MR) is 93.8 cm³/mol. The summed E-state index contributed by atoms with van der Waals surface area (Å²) in [4.78, 5) is 17.6. The summed E-state index contributed by atoms with van der Waals surface area (Å²) in [5.74, 6) is -0.0628. The van der Waals surface area contributed by atoms with E-state index in [9.17, 15) is 9.90 Å². The van der Waals surface area contributed by atoms with Crippen LogP contribution in [0.1, 0.15) is 48.0 Å². The fraction of sp³-hybridized carbons (Fsp3) is 0.444. The van der Waals surface area contributed by atoms with E-state index in [2.05, 4.69) is 10.3 Å². The van der Waals surface area contributed by atoms with Crippen molar-refractivity contribution < 1.29 is 9.90 Å². The Kier molecular flexibility index (Phi) is 5.91. The van der Waals surface area contributed by atoms with Crippen LogP contribution in [-0.2, 0) is 12.8 Å². The third-order valence-electron chi connectivity index (χ3n) is 3.58. The number of hydrogen-bond acceptors (Lipinski definition) is 4. The van der Waals surface area contributed by atoms with E-state index in [1.807, 2.05) is 37.4 Å². The number of aryl methyl sites for hydroxylation is 1. The van der Waals surface area contributed by atoms with Crippen molar-refractivity contribution in [3.63, 3.8) is 0 Å². The molecule has 0 aliphatic rings. The van der Waals surface area contributed by atoms with Gasteiger partial charge in [-0.15, -0.1) is 11.3 Å². The lowest BCUT2D eigenvalue weighted by molar-refractivity contribution is 0.0714. The number of nitrogens with one attached hydrogen (secondary N) is 1. The minimum absolute atomic E-state index is 0.0583. The normalized spacial score (nSPS) is 12.9. The van der Waals surface area contributed by atoms with Crippen LogP contribution in [0.15, 0.2) is 36.0 Å². The molecule has 1 heterocycles. The Morgan fingerprint density at radius 2 is 2.22 bits per heavy atom. The van der Waals surface area contributed by atoms with Crippen molar-refractivity contribution in [3.8, 4) is 0 Å². The molecular weight excluding hydrogens is 308 g/mol. The maximum Gasteiger partial charge on any atom is 0.251 e. The van der Waals surface area contributed by atoms with Gasteiger partial charge in [0, 0.05) is 29.1 Å². The molecule has 23 heavy (non-hydrogen) atoms. The van der Waals surface area contributed by atoms with E-state index in [4.69, 9.17) is 0 Å². The van der Waals surface area contributed by atoms with Gasteiger partial charge in [-0.25, -0.2) is 0 Å². The van der Waals surface area contributed by atoms with Crippen molar-refractivity contribution in [3.05, 3.63) is 52.0 Å². The topological polar surface area (TPSA) is 62.2 Å². The fourth-order valence-electron chi connectivity index (χ4n) is 2.32. The molecule has 1 atom stereocenters. The third kappa shape index (κ3) is 6.12. The second-order valence-electron chi connectivity index (χ2n) is 6.56. The monoisotopic (exact) mass is 332 g/mol. The third-order valence-corrected chi connectivity index (χ3v) is 4.38. The summed E-state index contributed by atoms with van der Waals surface area (Å²) in [7, 11) is 0. The van der Waals surface area contributed by atoms with Gasteiger partial charge in [0.25, 0.3) is 5.91 Å². The molecule has 0 saturated carbocycles. The van der Waals surface area contributed by atoms with E-state index in [1.165, 1.54) is 0 Å². The molecule has 1 amide bonds. The van der Waals surface area contributed by atoms with Crippen LogP contribution in [0.3, 0.4) is 0 Å². The lowest BCUT2D eigenvalue weighted by Gasteiger charge is -2.17. The predicted octanol–water partition coefficient (Wildman–Crippen LogP) is 3.21. The number of hydrogen-bond donors (Lipinski definition) is 2. The lowest BCUT2D eigenvalue weighted by Crippen LogP contribution is -2.33. The summed E-state index contributed by atoms with van der Waals surface area (Å²) in [6.07, 6.45) is 4.04. The summed E-state index contributed by atoms with van der Waals surface area (Å²) >= 11 is 1.60. The van der Waals surface area contributed by atoms with Gasteiger partial charge in [-0.3, -0.25) is 9.78 Å². The molecule has 1 unspecified atom stereocenters. The molecule has 0 aliphatic carbocycles. The summed E-state index contributed by atoms with van der Waals surface area (Å²) in [6.45, 7) is 5.59. The number of aromatic nitrogens is 1. The Bertz CT molecular complexity index is 633. The van der Waals surface area contributed by atoms with Crippen molar-refractivity contribution in [2.24, 2.45) is 0 Å². The highest BCUT2D eigenvalue weighted by Crippen LogP contribution is 2.15. The first-order valence-electron chi connectivity index (χ1n) is 7.83. The first-order chi connectivity index (χ1) is 10.8. The molecular formula is C18H24N2O2S. The number of aliphatic hydroxyl groups is 1. The Hall–Kier alpha value is -1.72. The molecule has 1 aromatic heterocycles. The van der Waals surface area contributed by atoms with Crippen LogP contribution in [0.4, 0.5) is 0 Å². The molecule has 5 heteroatoms. The SMILES string of the molecule is CC(Cc1cncs1)NC(=O)c1cccc(CCC(C)(C)O)c1. The number of amides is 1. The average Bonchev–Trinajstić information content (AvgIpc) is 2.97. The maximum absolute atomic E-state index is 12.4. The molecule has 0 spiro atoms. The lowest BCUT2D eigenvalue weighted by atomic mass is 9.98. The van der Waals surface area contributed by atoms with Gasteiger partial charge >= 0.3 is 0 Å². The molecule has 124 valence electrons. The molecule has 0 saturated heterocycles. The molecule has 0 fully saturated rings. The second-order valence-corrected chi connectivity index (χ2v) is 7.53. The fourth-order valence-corrected chi connectivity index (χ4v) is 3.05. The van der Waals surface area contributed by atoms with Crippen LogP contribution < -0.4 is 5.32 Å². The van der Waals surface area contributed by atoms with Crippen LogP contribution in [-0.4, -0.2) is 27.6 Å². The minimum Gasteiger partial charge on any atom is -0.390 e. The first kappa shape index (κ1) is 17.6. The van der Waals surface area contributed by atoms with Crippen molar-refractivity contribution in [2.45, 2.75) is 51.7 Å². The van der Waals surface area contributed by atoms with Crippen molar-refractivity contribution in [2.75, 3.05) is 0 Å². The van der Waals surface area contributed by atoms with Gasteiger partial charge in [-0.1, -0.05) is 12.1 Å². The Balaban J connectivity index is 1.93. The van der Waals surface area contributed by atoms with Gasteiger partial charge in [0.05, 0.1) is 11.1 Å². The van der Waals surface area contributed by atoms with E-state index in [0.29, 0.717) is 12.0 Å². The summed E-state index contributed by atoms with van der Waals surface area (Å²) in [6, 6.07) is 7.66. The molecule has 0 bridgehead atoms. The van der Waals surface area contributed by atoms with Crippen molar-refractivity contribution in [1.82, 2.24) is 10.3 Å². The number of nitrogens with zero attached hydrogens (tertiary/aromatic N) is 1. The van der Waals surface area contributed by atoms with Crippen LogP contribution >= 0.6 is 11.3 Å². The van der Waals surface area contributed by atoms with E-state index in [-0.39, 0.29) is 11.9 Å². The van der Waals surface area contributed by atoms with Crippen LogP contribution in [0, 0.1) is 0 Å². The second kappa shape index (κ2) is 7.70. The van der Waals surface area contributed by atoms with Gasteiger partial charge in [-0.2, -0.15) is 0 Å². The average molecular weight is 332 g/mol. The number of carbonyl (C=O) groups excluding carboxylic acids is 1. The molecule has 2 N–H and O–H groups in total. The number of thiazole rings is 1. The van der Waals surface area contributed by atoms with Gasteiger partial charge in [-0.05, 0) is 51.3 Å². The molecule has 0 aliphatic heterocycles. The number of benzene rings is 1. The van der Waals surface area contributed by atoms with Gasteiger partial charge in [0.1, 0.15) is 0 Å². The van der Waals surface area contributed by atoms with Gasteiger partial charge in [0.15, 0.2) is 0 Å². The quantitative estimate of drug-likeness (QED) is 0.818. The van der Waals surface area contributed by atoms with Gasteiger partial charge in [0.2, 0.25) is 0 Å². The highest BCUT2D eigenvalue weighted by atomic mass is 32.1. The molecule has 1 aromatic carbocycles. The van der Waals surface area contributed by atoms with E-state index >= 15 is 0 Å². The molecule has 4 nitrogen and oxygen atoms in total. The maximum atomic E-state index is 12.4. The first-order valence-corrected chi connectivity index (χ1v) is 8.71. The molecule has 2 aromatic rings. The van der Waals surface area contributed by atoms with Crippen molar-refractivity contribution >= 4 is 17.2 Å². The Morgan fingerprint density at radius 1 is 1.43 bits per heavy atom. The van der Waals surface area contributed by atoms with E-state index < -0.39 is 5.60 Å². The Morgan fingerprint density at radius 3 is 2.87 bits per heavy atom. The Labute approximate surface area is 141 Å². The van der Waals surface area contributed by atoms with Crippen LogP contribution in [0.25, 0.3) is 0 Å². The standard InChI is InChI=1S/C18H24N2O2S/c1-13(9-16-11-19-12-23-16)20-17(21)15-6-4-5-14(10-15)7-8-18(2,3)22/h4-6,10-13,22H,7-9H2,1-3H3,(H,20,21). The van der Waals surface area contributed by atoms with E-state index in [1.54, 1.807) is 30.7 Å². The summed E-state index contributed by atoms with van der Waals surface area (Å²) in [5, 5.41) is 12.8. The number of rotatable bonds is 7. The summed E-state index contributed by atoms with van der Waals surface area (Å²) in [5.41, 5.74) is 2.83. The highest BCUT2D eigenvalue weighted by Gasteiger charge is 2.14. The van der Waals surface area contributed by atoms with Gasteiger partial charge < -0.3 is 10.4 Å². The zero-order valence-corrected chi connectivity index (χ0v) is 14.7. The van der Waals surface area contributed by atoms with Crippen LogP contribution in [0.5, 0.6) is 0 Å². The minimum atomic E-state index is -0.693. The molecule has 0 radical (unpaired) electrons. The smallest absolute Gasteiger partial charge is 0.251 e. The zero-order valence-electron chi connectivity index (χ0n) is 13.9. The van der Waals surface area contributed by atoms with Crippen LogP contribution in [0.2, 0.25) is 0 Å². The van der Waals surface area contributed by atoms with Crippen molar-refractivity contribution in [1.29, 1.82) is 0 Å². The molecule has 2 rings (SSSR count). The highest BCUT2D eigenvalue weighted by molar-refractivity contribution is 7.09. The summed E-state index contributed by atoms with van der Waals surface area (Å²) < 4.78 is 0. The zero-order chi connectivity index (χ0) is 16.9. The van der Waals surface area contributed by atoms with E-state index in [0.717, 1.165) is 23.3 Å².